The molecule has 16 heavy (non-hydrogen) atoms. The lowest BCUT2D eigenvalue weighted by atomic mass is 10.2. The monoisotopic (exact) mass is 229 g/mol. The summed E-state index contributed by atoms with van der Waals surface area (Å²) in [5, 5.41) is 2.75. The molecule has 1 rings (SSSR count). The van der Waals surface area contributed by atoms with Crippen LogP contribution in [0.3, 0.4) is 0 Å². The Hall–Kier alpha value is -1.10. The van der Waals surface area contributed by atoms with Gasteiger partial charge < -0.3 is 14.8 Å². The zero-order chi connectivity index (χ0) is 11.8. The van der Waals surface area contributed by atoms with Gasteiger partial charge in [-0.2, -0.15) is 0 Å². The number of carbonyl (C=O) groups excluding carboxylic acids is 2. The smallest absolute Gasteiger partial charge is 0.305 e. The van der Waals surface area contributed by atoms with E-state index in [1.165, 1.54) is 0 Å². The molecule has 1 fully saturated rings. The number of hydrogen-bond acceptors (Lipinski definition) is 4. The highest BCUT2D eigenvalue weighted by Crippen LogP contribution is 2.11. The highest BCUT2D eigenvalue weighted by Gasteiger charge is 2.22. The molecule has 5 nitrogen and oxygen atoms in total. The van der Waals surface area contributed by atoms with Crippen LogP contribution >= 0.6 is 0 Å². The van der Waals surface area contributed by atoms with Gasteiger partial charge in [0.25, 0.3) is 0 Å². The standard InChI is InChI=1S/C11H19NO4/c1-2-15-10(13)6-3-7-12-11(14)9-5-4-8-16-9/h9H,2-8H2,1H3,(H,12,14)/t9-/m1/s1. The van der Waals surface area contributed by atoms with Crippen LogP contribution < -0.4 is 5.32 Å². The molecule has 0 aromatic rings. The van der Waals surface area contributed by atoms with Crippen molar-refractivity contribution in [1.82, 2.24) is 5.32 Å². The molecule has 1 saturated heterocycles. The summed E-state index contributed by atoms with van der Waals surface area (Å²) in [6.07, 6.45) is 2.41. The van der Waals surface area contributed by atoms with Crippen LogP contribution in [-0.4, -0.2) is 37.7 Å². The van der Waals surface area contributed by atoms with Crippen LogP contribution in [0, 0.1) is 0 Å². The van der Waals surface area contributed by atoms with Gasteiger partial charge in [-0.15, -0.1) is 0 Å². The molecule has 0 aromatic carbocycles. The third-order valence-corrected chi connectivity index (χ3v) is 2.38. The number of nitrogens with one attached hydrogen (secondary N) is 1. The van der Waals surface area contributed by atoms with E-state index >= 15 is 0 Å². The van der Waals surface area contributed by atoms with E-state index in [0.29, 0.717) is 32.6 Å². The number of carbonyl (C=O) groups is 2. The Bertz CT molecular complexity index is 236. The van der Waals surface area contributed by atoms with Crippen molar-refractivity contribution in [2.24, 2.45) is 0 Å². The summed E-state index contributed by atoms with van der Waals surface area (Å²) in [5.74, 6) is -0.282. The maximum absolute atomic E-state index is 11.5. The average molecular weight is 229 g/mol. The van der Waals surface area contributed by atoms with E-state index in [1.54, 1.807) is 6.92 Å². The first-order chi connectivity index (χ1) is 7.74. The van der Waals surface area contributed by atoms with Crippen LogP contribution in [0.2, 0.25) is 0 Å². The van der Waals surface area contributed by atoms with Crippen molar-refractivity contribution in [3.8, 4) is 0 Å². The predicted octanol–water partition coefficient (Wildman–Crippen LogP) is 0.625. The number of ether oxygens (including phenoxy) is 2. The number of rotatable bonds is 6. The van der Waals surface area contributed by atoms with Crippen molar-refractivity contribution in [3.63, 3.8) is 0 Å². The lowest BCUT2D eigenvalue weighted by molar-refractivity contribution is -0.143. The molecule has 0 bridgehead atoms. The Morgan fingerprint density at radius 1 is 1.50 bits per heavy atom. The second-order valence-electron chi connectivity index (χ2n) is 3.70. The minimum absolute atomic E-state index is 0.0682. The van der Waals surface area contributed by atoms with Crippen LogP contribution in [0.15, 0.2) is 0 Å². The average Bonchev–Trinajstić information content (AvgIpc) is 2.78. The molecule has 0 saturated carbocycles. The van der Waals surface area contributed by atoms with Gasteiger partial charge in [0.1, 0.15) is 6.10 Å². The van der Waals surface area contributed by atoms with Crippen molar-refractivity contribution in [3.05, 3.63) is 0 Å². The third kappa shape index (κ3) is 4.61. The van der Waals surface area contributed by atoms with Crippen molar-refractivity contribution in [1.29, 1.82) is 0 Å². The Morgan fingerprint density at radius 3 is 2.94 bits per heavy atom. The topological polar surface area (TPSA) is 64.6 Å². The second-order valence-corrected chi connectivity index (χ2v) is 3.70. The second kappa shape index (κ2) is 7.22. The van der Waals surface area contributed by atoms with Gasteiger partial charge >= 0.3 is 5.97 Å². The normalized spacial score (nSPS) is 19.4. The summed E-state index contributed by atoms with van der Waals surface area (Å²) >= 11 is 0. The highest BCUT2D eigenvalue weighted by molar-refractivity contribution is 5.81. The molecular weight excluding hydrogens is 210 g/mol. The largest absolute Gasteiger partial charge is 0.466 e. The SMILES string of the molecule is CCOC(=O)CCCNC(=O)[C@H]1CCCO1. The lowest BCUT2D eigenvalue weighted by Gasteiger charge is -2.09. The van der Waals surface area contributed by atoms with Crippen LogP contribution in [0.5, 0.6) is 0 Å². The summed E-state index contributed by atoms with van der Waals surface area (Å²) < 4.78 is 10.0. The Morgan fingerprint density at radius 2 is 2.31 bits per heavy atom. The summed E-state index contributed by atoms with van der Waals surface area (Å²) in [5.41, 5.74) is 0. The summed E-state index contributed by atoms with van der Waals surface area (Å²) in [4.78, 5) is 22.4. The Labute approximate surface area is 95.5 Å². The van der Waals surface area contributed by atoms with Crippen molar-refractivity contribution >= 4 is 11.9 Å². The quantitative estimate of drug-likeness (QED) is 0.536. The summed E-state index contributed by atoms with van der Waals surface area (Å²) in [6.45, 7) is 3.34. The fourth-order valence-electron chi connectivity index (χ4n) is 1.58. The van der Waals surface area contributed by atoms with Gasteiger partial charge in [-0.05, 0) is 26.2 Å². The molecule has 1 aliphatic rings. The van der Waals surface area contributed by atoms with Gasteiger partial charge in [0.15, 0.2) is 0 Å². The van der Waals surface area contributed by atoms with Gasteiger partial charge in [-0.3, -0.25) is 9.59 Å². The van der Waals surface area contributed by atoms with Crippen LogP contribution in [0.1, 0.15) is 32.6 Å². The van der Waals surface area contributed by atoms with E-state index in [0.717, 1.165) is 12.8 Å². The molecule has 0 aliphatic carbocycles. The first-order valence-electron chi connectivity index (χ1n) is 5.79. The zero-order valence-electron chi connectivity index (χ0n) is 9.66. The summed E-state index contributed by atoms with van der Waals surface area (Å²) in [7, 11) is 0. The molecule has 0 spiro atoms. The minimum Gasteiger partial charge on any atom is -0.466 e. The number of esters is 1. The molecule has 92 valence electrons. The fraction of sp³-hybridized carbons (Fsp3) is 0.818. The molecule has 5 heteroatoms. The lowest BCUT2D eigenvalue weighted by Crippen LogP contribution is -2.34. The zero-order valence-corrected chi connectivity index (χ0v) is 9.66. The van der Waals surface area contributed by atoms with Crippen molar-refractivity contribution < 1.29 is 19.1 Å². The first-order valence-corrected chi connectivity index (χ1v) is 5.79. The van der Waals surface area contributed by atoms with E-state index < -0.39 is 0 Å². The predicted molar refractivity (Wildman–Crippen MR) is 57.9 cm³/mol. The van der Waals surface area contributed by atoms with E-state index in [9.17, 15) is 9.59 Å². The Kier molecular flexibility index (Phi) is 5.85. The maximum atomic E-state index is 11.5. The van der Waals surface area contributed by atoms with Crippen LogP contribution in [-0.2, 0) is 19.1 Å². The summed E-state index contributed by atoms with van der Waals surface area (Å²) in [6, 6.07) is 0. The molecule has 0 unspecified atom stereocenters. The Balaban J connectivity index is 2.02. The van der Waals surface area contributed by atoms with Gasteiger partial charge in [0.2, 0.25) is 5.91 Å². The minimum atomic E-state index is -0.289. The van der Waals surface area contributed by atoms with E-state index in [-0.39, 0.29) is 18.0 Å². The van der Waals surface area contributed by atoms with Gasteiger partial charge in [0, 0.05) is 19.6 Å². The number of hydrogen-bond donors (Lipinski definition) is 1. The molecule has 1 heterocycles. The molecule has 1 amide bonds. The van der Waals surface area contributed by atoms with E-state index in [1.807, 2.05) is 0 Å². The molecule has 0 radical (unpaired) electrons. The van der Waals surface area contributed by atoms with Gasteiger partial charge in [0.05, 0.1) is 6.61 Å². The number of amides is 1. The molecule has 1 atom stereocenters. The van der Waals surface area contributed by atoms with E-state index in [2.05, 4.69) is 5.32 Å². The van der Waals surface area contributed by atoms with Crippen LogP contribution in [0.25, 0.3) is 0 Å². The van der Waals surface area contributed by atoms with E-state index in [4.69, 9.17) is 9.47 Å². The maximum Gasteiger partial charge on any atom is 0.305 e. The highest BCUT2D eigenvalue weighted by atomic mass is 16.5. The van der Waals surface area contributed by atoms with Gasteiger partial charge in [-0.1, -0.05) is 0 Å². The molecule has 1 N–H and O–H groups in total. The fourth-order valence-corrected chi connectivity index (χ4v) is 1.58. The van der Waals surface area contributed by atoms with Gasteiger partial charge in [-0.25, -0.2) is 0 Å². The van der Waals surface area contributed by atoms with Crippen molar-refractivity contribution in [2.75, 3.05) is 19.8 Å². The van der Waals surface area contributed by atoms with Crippen molar-refractivity contribution in [2.45, 2.75) is 38.7 Å². The molecule has 0 aromatic heterocycles. The van der Waals surface area contributed by atoms with Crippen LogP contribution in [0.4, 0.5) is 0 Å². The molecular formula is C11H19NO4. The third-order valence-electron chi connectivity index (χ3n) is 2.38. The molecule has 1 aliphatic heterocycles. The first kappa shape index (κ1) is 13.0.